The third-order valence-electron chi connectivity index (χ3n) is 5.66. The number of carbonyl (C=O) groups excluding carboxylic acids is 1. The van der Waals surface area contributed by atoms with E-state index < -0.39 is 6.04 Å². The van der Waals surface area contributed by atoms with Gasteiger partial charge in [-0.1, -0.05) is 49.6 Å². The van der Waals surface area contributed by atoms with Gasteiger partial charge in [-0.25, -0.2) is 0 Å². The molecule has 1 aromatic carbocycles. The van der Waals surface area contributed by atoms with E-state index in [1.54, 1.807) is 0 Å². The molecule has 1 saturated heterocycles. The van der Waals surface area contributed by atoms with E-state index in [0.717, 1.165) is 45.0 Å². The van der Waals surface area contributed by atoms with E-state index in [1.165, 1.54) is 32.1 Å². The molecule has 3 rings (SSSR count). The van der Waals surface area contributed by atoms with Crippen LogP contribution in [-0.2, 0) is 9.53 Å². The van der Waals surface area contributed by atoms with Crippen LogP contribution in [0.5, 0.6) is 0 Å². The maximum Gasteiger partial charge on any atom is 0.241 e. The standard InChI is InChI=1S/C20H31N3O2.2ClH/c21-18(17-7-3-1-4-8-17)19(24)22-15-20(9-5-2-6-10-20)16-23-11-13-25-14-12-23;;/h1,3-4,7-8,18H,2,5-6,9-16,21H2,(H,22,24);2*1H. The first kappa shape index (κ1) is 24.2. The summed E-state index contributed by atoms with van der Waals surface area (Å²) in [6, 6.07) is 9.01. The average molecular weight is 418 g/mol. The lowest BCUT2D eigenvalue weighted by Crippen LogP contribution is -2.50. The van der Waals surface area contributed by atoms with E-state index in [-0.39, 0.29) is 36.1 Å². The van der Waals surface area contributed by atoms with E-state index >= 15 is 0 Å². The lowest BCUT2D eigenvalue weighted by molar-refractivity contribution is -0.123. The summed E-state index contributed by atoms with van der Waals surface area (Å²) in [5.74, 6) is -0.0712. The van der Waals surface area contributed by atoms with Crippen molar-refractivity contribution in [2.45, 2.75) is 38.1 Å². The van der Waals surface area contributed by atoms with Gasteiger partial charge in [-0.2, -0.15) is 0 Å². The number of hydrogen-bond donors (Lipinski definition) is 2. The van der Waals surface area contributed by atoms with Gasteiger partial charge < -0.3 is 15.8 Å². The van der Waals surface area contributed by atoms with Crippen LogP contribution in [0.15, 0.2) is 30.3 Å². The van der Waals surface area contributed by atoms with E-state index in [0.29, 0.717) is 0 Å². The Morgan fingerprint density at radius 2 is 1.74 bits per heavy atom. The van der Waals surface area contributed by atoms with Crippen molar-refractivity contribution in [3.63, 3.8) is 0 Å². The van der Waals surface area contributed by atoms with Gasteiger partial charge in [0.15, 0.2) is 0 Å². The Morgan fingerprint density at radius 3 is 2.37 bits per heavy atom. The SMILES string of the molecule is Cl.Cl.NC(C(=O)NCC1(CN2CCOCC2)CCCCC1)c1ccccc1. The fourth-order valence-corrected chi connectivity index (χ4v) is 4.12. The van der Waals surface area contributed by atoms with Gasteiger partial charge >= 0.3 is 0 Å². The highest BCUT2D eigenvalue weighted by atomic mass is 35.5. The van der Waals surface area contributed by atoms with E-state index in [1.807, 2.05) is 30.3 Å². The predicted octanol–water partition coefficient (Wildman–Crippen LogP) is 2.93. The van der Waals surface area contributed by atoms with E-state index in [2.05, 4.69) is 10.2 Å². The number of nitrogens with two attached hydrogens (primary N) is 1. The summed E-state index contributed by atoms with van der Waals surface area (Å²) in [6.45, 7) is 5.42. The zero-order valence-corrected chi connectivity index (χ0v) is 17.5. The molecule has 27 heavy (non-hydrogen) atoms. The molecule has 2 fully saturated rings. The molecule has 0 bridgehead atoms. The zero-order chi connectivity index (χ0) is 17.5. The first-order valence-electron chi connectivity index (χ1n) is 9.57. The van der Waals surface area contributed by atoms with Crippen LogP contribution in [-0.4, -0.2) is 50.2 Å². The molecule has 7 heteroatoms. The molecular weight excluding hydrogens is 385 g/mol. The number of amides is 1. The molecule has 1 atom stereocenters. The minimum Gasteiger partial charge on any atom is -0.379 e. The smallest absolute Gasteiger partial charge is 0.241 e. The van der Waals surface area contributed by atoms with Crippen molar-refractivity contribution in [3.8, 4) is 0 Å². The maximum absolute atomic E-state index is 12.6. The van der Waals surface area contributed by atoms with Crippen LogP contribution in [0.1, 0.15) is 43.7 Å². The van der Waals surface area contributed by atoms with Gasteiger partial charge in [0, 0.05) is 31.6 Å². The highest BCUT2D eigenvalue weighted by Crippen LogP contribution is 2.37. The van der Waals surface area contributed by atoms with Gasteiger partial charge in [0.25, 0.3) is 0 Å². The Bertz CT molecular complexity index is 547. The maximum atomic E-state index is 12.6. The van der Waals surface area contributed by atoms with Gasteiger partial charge in [0.2, 0.25) is 5.91 Å². The Labute approximate surface area is 175 Å². The predicted molar refractivity (Wildman–Crippen MR) is 114 cm³/mol. The third kappa shape index (κ3) is 6.91. The minimum atomic E-state index is -0.592. The number of halogens is 2. The van der Waals surface area contributed by atoms with Crippen LogP contribution in [0.2, 0.25) is 0 Å². The van der Waals surface area contributed by atoms with Crippen LogP contribution >= 0.6 is 24.8 Å². The Kier molecular flexibility index (Phi) is 10.6. The first-order chi connectivity index (χ1) is 12.2. The number of carbonyl (C=O) groups is 1. The molecule has 1 aliphatic heterocycles. The summed E-state index contributed by atoms with van der Waals surface area (Å²) in [7, 11) is 0. The van der Waals surface area contributed by atoms with Crippen molar-refractivity contribution in [1.82, 2.24) is 10.2 Å². The van der Waals surface area contributed by atoms with Crippen molar-refractivity contribution in [1.29, 1.82) is 0 Å². The van der Waals surface area contributed by atoms with Crippen molar-refractivity contribution in [2.75, 3.05) is 39.4 Å². The van der Waals surface area contributed by atoms with Crippen molar-refractivity contribution < 1.29 is 9.53 Å². The zero-order valence-electron chi connectivity index (χ0n) is 15.9. The molecule has 1 aromatic rings. The quantitative estimate of drug-likeness (QED) is 0.746. The number of rotatable bonds is 6. The Balaban J connectivity index is 0.00000182. The Hall–Kier alpha value is -0.850. The summed E-state index contributed by atoms with van der Waals surface area (Å²) in [5.41, 5.74) is 7.19. The molecule has 154 valence electrons. The number of hydrogen-bond acceptors (Lipinski definition) is 4. The second kappa shape index (κ2) is 11.9. The Morgan fingerprint density at radius 1 is 1.11 bits per heavy atom. The van der Waals surface area contributed by atoms with Crippen LogP contribution < -0.4 is 11.1 Å². The van der Waals surface area contributed by atoms with Crippen LogP contribution in [0.25, 0.3) is 0 Å². The normalized spacial score (nSPS) is 20.6. The van der Waals surface area contributed by atoms with Crippen LogP contribution in [0.3, 0.4) is 0 Å². The van der Waals surface area contributed by atoms with Gasteiger partial charge in [0.05, 0.1) is 13.2 Å². The summed E-state index contributed by atoms with van der Waals surface area (Å²) in [5, 5.41) is 3.16. The molecule has 0 spiro atoms. The molecule has 1 saturated carbocycles. The highest BCUT2D eigenvalue weighted by molar-refractivity contribution is 5.85. The summed E-state index contributed by atoms with van der Waals surface area (Å²) in [4.78, 5) is 15.0. The van der Waals surface area contributed by atoms with E-state index in [4.69, 9.17) is 10.5 Å². The fraction of sp³-hybridized carbons (Fsp3) is 0.650. The molecule has 1 heterocycles. The lowest BCUT2D eigenvalue weighted by atomic mass is 9.73. The summed E-state index contributed by atoms with van der Waals surface area (Å²) >= 11 is 0. The fourth-order valence-electron chi connectivity index (χ4n) is 4.12. The molecule has 5 nitrogen and oxygen atoms in total. The lowest BCUT2D eigenvalue weighted by Gasteiger charge is -2.42. The third-order valence-corrected chi connectivity index (χ3v) is 5.66. The van der Waals surface area contributed by atoms with Crippen molar-refractivity contribution in [3.05, 3.63) is 35.9 Å². The van der Waals surface area contributed by atoms with Crippen LogP contribution in [0.4, 0.5) is 0 Å². The van der Waals surface area contributed by atoms with Gasteiger partial charge in [-0.3, -0.25) is 9.69 Å². The minimum absolute atomic E-state index is 0. The second-order valence-electron chi connectivity index (χ2n) is 7.56. The molecule has 1 unspecified atom stereocenters. The molecule has 0 radical (unpaired) electrons. The monoisotopic (exact) mass is 417 g/mol. The van der Waals surface area contributed by atoms with Crippen molar-refractivity contribution >= 4 is 30.7 Å². The molecular formula is C20H33Cl2N3O2. The number of benzene rings is 1. The first-order valence-corrected chi connectivity index (χ1v) is 9.57. The molecule has 1 amide bonds. The molecule has 1 aliphatic carbocycles. The van der Waals surface area contributed by atoms with Gasteiger partial charge in [0.1, 0.15) is 6.04 Å². The van der Waals surface area contributed by atoms with Gasteiger partial charge in [-0.05, 0) is 18.4 Å². The molecule has 0 aromatic heterocycles. The van der Waals surface area contributed by atoms with Gasteiger partial charge in [-0.15, -0.1) is 24.8 Å². The second-order valence-corrected chi connectivity index (χ2v) is 7.56. The van der Waals surface area contributed by atoms with Crippen molar-refractivity contribution in [2.24, 2.45) is 11.1 Å². The largest absolute Gasteiger partial charge is 0.379 e. The number of nitrogens with one attached hydrogen (secondary N) is 1. The molecule has 3 N–H and O–H groups in total. The summed E-state index contributed by atoms with van der Waals surface area (Å²) in [6.07, 6.45) is 6.19. The summed E-state index contributed by atoms with van der Waals surface area (Å²) < 4.78 is 5.47. The topological polar surface area (TPSA) is 67.6 Å². The number of nitrogens with zero attached hydrogens (tertiary/aromatic N) is 1. The highest BCUT2D eigenvalue weighted by Gasteiger charge is 2.35. The average Bonchev–Trinajstić information content (AvgIpc) is 2.68. The number of ether oxygens (including phenoxy) is 1. The van der Waals surface area contributed by atoms with E-state index in [9.17, 15) is 4.79 Å². The number of morpholine rings is 1. The van der Waals surface area contributed by atoms with Crippen LogP contribution in [0, 0.1) is 5.41 Å². The molecule has 2 aliphatic rings.